The molecule has 0 aliphatic carbocycles. The first kappa shape index (κ1) is 29.3. The van der Waals surface area contributed by atoms with E-state index in [-0.39, 0.29) is 51.1 Å². The van der Waals surface area contributed by atoms with Crippen LogP contribution in [0.2, 0.25) is 0 Å². The maximum absolute atomic E-state index is 13.4. The van der Waals surface area contributed by atoms with Crippen molar-refractivity contribution in [2.75, 3.05) is 20.3 Å². The zero-order chi connectivity index (χ0) is 29.0. The number of nitrogens with zero attached hydrogens (tertiary/aromatic N) is 2. The van der Waals surface area contributed by atoms with E-state index < -0.39 is 42.4 Å². The Kier molecular flexibility index (Phi) is 9.26. The summed E-state index contributed by atoms with van der Waals surface area (Å²) >= 11 is 0.785. The smallest absolute Gasteiger partial charge is 0.341 e. The van der Waals surface area contributed by atoms with Gasteiger partial charge in [0.25, 0.3) is 0 Å². The van der Waals surface area contributed by atoms with Gasteiger partial charge in [-0.1, -0.05) is 48.2 Å². The molecule has 5 N–H and O–H groups in total. The van der Waals surface area contributed by atoms with E-state index in [4.69, 9.17) is 14.2 Å². The number of nitriles is 1. The summed E-state index contributed by atoms with van der Waals surface area (Å²) < 4.78 is 16.1. The number of rotatable bonds is 8. The number of aromatic nitrogens is 1. The number of pyridine rings is 1. The second kappa shape index (κ2) is 12.6. The van der Waals surface area contributed by atoms with Crippen molar-refractivity contribution in [1.29, 1.82) is 5.26 Å². The predicted molar refractivity (Wildman–Crippen MR) is 144 cm³/mol. The van der Waals surface area contributed by atoms with Gasteiger partial charge in [-0.2, -0.15) is 5.26 Å². The Morgan fingerprint density at radius 1 is 1.10 bits per heavy atom. The molecule has 0 saturated carbocycles. The molecule has 4 rings (SSSR count). The summed E-state index contributed by atoms with van der Waals surface area (Å²) in [5.41, 5.74) is -0.279. The monoisotopic (exact) mass is 568 g/mol. The van der Waals surface area contributed by atoms with E-state index in [1.54, 1.807) is 43.3 Å². The SMILES string of the molecule is CCOC(=O)c1c(-c2ccccc2)nc(S[C@@H]2O[C@H](CO)[C@H](O)[C@H](O)[C@H]2O)c(C#N)c1-c1ccc(OC)c(O)c1. The highest BCUT2D eigenvalue weighted by molar-refractivity contribution is 7.99. The minimum atomic E-state index is -1.64. The van der Waals surface area contributed by atoms with Crippen molar-refractivity contribution in [1.82, 2.24) is 4.98 Å². The number of carbonyl (C=O) groups excluding carboxylic acids is 1. The Labute approximate surface area is 234 Å². The Balaban J connectivity index is 2.00. The van der Waals surface area contributed by atoms with E-state index in [0.717, 1.165) is 11.8 Å². The lowest BCUT2D eigenvalue weighted by atomic mass is 9.92. The number of thioether (sulfide) groups is 1. The third-order valence-corrected chi connectivity index (χ3v) is 7.49. The number of phenols is 1. The van der Waals surface area contributed by atoms with Crippen molar-refractivity contribution >= 4 is 17.7 Å². The molecule has 2 heterocycles. The number of methoxy groups -OCH3 is 1. The molecule has 0 spiro atoms. The molecule has 2 aromatic carbocycles. The average Bonchev–Trinajstić information content (AvgIpc) is 2.97. The third-order valence-electron chi connectivity index (χ3n) is 6.35. The van der Waals surface area contributed by atoms with E-state index in [1.807, 2.05) is 0 Å². The van der Waals surface area contributed by atoms with Gasteiger partial charge in [0, 0.05) is 11.1 Å². The highest BCUT2D eigenvalue weighted by atomic mass is 32.2. The number of hydrogen-bond donors (Lipinski definition) is 5. The number of benzene rings is 2. The zero-order valence-electron chi connectivity index (χ0n) is 21.6. The van der Waals surface area contributed by atoms with Crippen LogP contribution in [0.5, 0.6) is 11.5 Å². The van der Waals surface area contributed by atoms with Gasteiger partial charge in [-0.25, -0.2) is 9.78 Å². The molecule has 0 amide bonds. The van der Waals surface area contributed by atoms with E-state index >= 15 is 0 Å². The van der Waals surface area contributed by atoms with Crippen molar-refractivity contribution in [3.05, 3.63) is 59.7 Å². The summed E-state index contributed by atoms with van der Waals surface area (Å²) in [5, 5.41) is 61.7. The van der Waals surface area contributed by atoms with Crippen LogP contribution in [-0.2, 0) is 9.47 Å². The summed E-state index contributed by atoms with van der Waals surface area (Å²) in [4.78, 5) is 18.0. The lowest BCUT2D eigenvalue weighted by Crippen LogP contribution is -2.57. The molecule has 0 bridgehead atoms. The average molecular weight is 569 g/mol. The molecule has 1 saturated heterocycles. The number of aromatic hydroxyl groups is 1. The number of aliphatic hydroxyl groups is 4. The van der Waals surface area contributed by atoms with Gasteiger partial charge in [-0.15, -0.1) is 0 Å². The second-order valence-electron chi connectivity index (χ2n) is 8.79. The Hall–Kier alpha value is -3.70. The van der Waals surface area contributed by atoms with Gasteiger partial charge < -0.3 is 39.7 Å². The van der Waals surface area contributed by atoms with Crippen LogP contribution in [0.3, 0.4) is 0 Å². The summed E-state index contributed by atoms with van der Waals surface area (Å²) in [7, 11) is 1.38. The number of esters is 1. The van der Waals surface area contributed by atoms with Crippen molar-refractivity contribution in [3.8, 4) is 40.0 Å². The molecule has 40 heavy (non-hydrogen) atoms. The molecule has 1 aliphatic heterocycles. The number of carbonyl (C=O) groups is 1. The van der Waals surface area contributed by atoms with Crippen LogP contribution in [0.15, 0.2) is 53.6 Å². The molecule has 210 valence electrons. The van der Waals surface area contributed by atoms with Gasteiger partial charge in [-0.3, -0.25) is 0 Å². The van der Waals surface area contributed by atoms with Crippen LogP contribution in [-0.4, -0.2) is 86.7 Å². The maximum atomic E-state index is 13.4. The number of phenolic OH excluding ortho intramolecular Hbond substituents is 1. The molecule has 0 unspecified atom stereocenters. The topological polar surface area (TPSA) is 183 Å². The van der Waals surface area contributed by atoms with Crippen molar-refractivity contribution in [2.24, 2.45) is 0 Å². The fraction of sp³-hybridized carbons (Fsp3) is 0.321. The van der Waals surface area contributed by atoms with Gasteiger partial charge in [0.1, 0.15) is 40.9 Å². The highest BCUT2D eigenvalue weighted by Crippen LogP contribution is 2.43. The van der Waals surface area contributed by atoms with Crippen molar-refractivity contribution in [3.63, 3.8) is 0 Å². The van der Waals surface area contributed by atoms with Gasteiger partial charge in [0.2, 0.25) is 0 Å². The summed E-state index contributed by atoms with van der Waals surface area (Å²) in [6, 6.07) is 15.2. The van der Waals surface area contributed by atoms with E-state index in [2.05, 4.69) is 11.1 Å². The lowest BCUT2D eigenvalue weighted by molar-refractivity contribution is -0.205. The van der Waals surface area contributed by atoms with E-state index in [9.17, 15) is 35.6 Å². The molecule has 1 aliphatic rings. The summed E-state index contributed by atoms with van der Waals surface area (Å²) in [5.74, 6) is -0.812. The van der Waals surface area contributed by atoms with E-state index in [0.29, 0.717) is 5.56 Å². The fourth-order valence-corrected chi connectivity index (χ4v) is 5.50. The highest BCUT2D eigenvalue weighted by Gasteiger charge is 2.44. The first-order valence-electron chi connectivity index (χ1n) is 12.3. The minimum Gasteiger partial charge on any atom is -0.504 e. The van der Waals surface area contributed by atoms with Gasteiger partial charge >= 0.3 is 5.97 Å². The van der Waals surface area contributed by atoms with Crippen LogP contribution in [0, 0.1) is 11.3 Å². The number of hydrogen-bond acceptors (Lipinski definition) is 12. The first-order chi connectivity index (χ1) is 19.2. The van der Waals surface area contributed by atoms with Crippen molar-refractivity contribution in [2.45, 2.75) is 41.8 Å². The van der Waals surface area contributed by atoms with Crippen molar-refractivity contribution < 1.29 is 44.5 Å². The Bertz CT molecular complexity index is 1410. The van der Waals surface area contributed by atoms with Gasteiger partial charge in [0.15, 0.2) is 11.5 Å². The molecular weight excluding hydrogens is 540 g/mol. The first-order valence-corrected chi connectivity index (χ1v) is 13.2. The predicted octanol–water partition coefficient (Wildman–Crippen LogP) is 2.07. The minimum absolute atomic E-state index is 0.0210. The van der Waals surface area contributed by atoms with E-state index in [1.165, 1.54) is 19.2 Å². The maximum Gasteiger partial charge on any atom is 0.341 e. The second-order valence-corrected chi connectivity index (χ2v) is 9.88. The molecule has 5 atom stereocenters. The fourth-order valence-electron chi connectivity index (χ4n) is 4.37. The lowest BCUT2D eigenvalue weighted by Gasteiger charge is -2.39. The summed E-state index contributed by atoms with van der Waals surface area (Å²) in [6.07, 6.45) is -5.98. The molecule has 12 heteroatoms. The third kappa shape index (κ3) is 5.62. The van der Waals surface area contributed by atoms with Gasteiger partial charge in [-0.05, 0) is 24.6 Å². The number of aliphatic hydroxyl groups excluding tert-OH is 4. The standard InChI is InChI=1S/C28H28N2O9S/c1-3-38-27(36)21-20(15-9-10-18(37-2)17(32)11-15)16(12-29)26(30-22(21)14-7-5-4-6-8-14)40-28-25(35)24(34)23(33)19(13-31)39-28/h4-11,19,23-25,28,31-35H,3,13H2,1-2H3/t19-,23+,24+,25-,28+/m1/s1. The zero-order valence-corrected chi connectivity index (χ0v) is 22.4. The van der Waals surface area contributed by atoms with Crippen LogP contribution < -0.4 is 4.74 Å². The number of ether oxygens (including phenoxy) is 3. The van der Waals surface area contributed by atoms with Crippen LogP contribution in [0.4, 0.5) is 0 Å². The molecule has 3 aromatic rings. The van der Waals surface area contributed by atoms with Crippen LogP contribution >= 0.6 is 11.8 Å². The molecular formula is C28H28N2O9S. The largest absolute Gasteiger partial charge is 0.504 e. The molecule has 1 aromatic heterocycles. The van der Waals surface area contributed by atoms with Gasteiger partial charge in [0.05, 0.1) is 37.1 Å². The van der Waals surface area contributed by atoms with Crippen LogP contribution in [0.25, 0.3) is 22.4 Å². The normalized spacial score (nSPS) is 22.4. The quantitative estimate of drug-likeness (QED) is 0.250. The molecule has 11 nitrogen and oxygen atoms in total. The molecule has 1 fully saturated rings. The molecule has 0 radical (unpaired) electrons. The Morgan fingerprint density at radius 3 is 2.42 bits per heavy atom. The Morgan fingerprint density at radius 2 is 1.82 bits per heavy atom. The summed E-state index contributed by atoms with van der Waals surface area (Å²) in [6.45, 7) is 1.05. The van der Waals surface area contributed by atoms with Crippen LogP contribution in [0.1, 0.15) is 22.8 Å².